The van der Waals surface area contributed by atoms with Crippen LogP contribution in [0.1, 0.15) is 41.5 Å². The zero-order valence-corrected chi connectivity index (χ0v) is 16.2. The summed E-state index contributed by atoms with van der Waals surface area (Å²) >= 11 is 9.19. The standard InChI is InChI=1S/C12H25ClN3OS3/c1-11(2,3)18-10-9-20(17-8-7-13)15-16(14-10)19-12(4,5)6/h9,14-15H,7-8H2,1-6H3/q+1. The maximum Gasteiger partial charge on any atom is 0.253 e. The summed E-state index contributed by atoms with van der Waals surface area (Å²) < 4.78 is 11.2. The molecule has 2 N–H and O–H groups in total. The molecule has 0 aliphatic carbocycles. The number of alkyl halides is 1. The third-order valence-electron chi connectivity index (χ3n) is 1.67. The van der Waals surface area contributed by atoms with Crippen LogP contribution in [0.4, 0.5) is 0 Å². The van der Waals surface area contributed by atoms with Crippen LogP contribution in [0.15, 0.2) is 10.4 Å². The van der Waals surface area contributed by atoms with E-state index >= 15 is 0 Å². The Labute approximate surface area is 138 Å². The normalized spacial score (nSPS) is 13.7. The molecule has 0 aliphatic heterocycles. The Morgan fingerprint density at radius 3 is 2.40 bits per heavy atom. The molecule has 0 radical (unpaired) electrons. The molecule has 1 aromatic rings. The van der Waals surface area contributed by atoms with E-state index in [0.29, 0.717) is 12.5 Å². The van der Waals surface area contributed by atoms with Crippen LogP contribution in [0.5, 0.6) is 0 Å². The first-order valence-electron chi connectivity index (χ1n) is 6.44. The molecule has 0 bridgehead atoms. The van der Waals surface area contributed by atoms with Gasteiger partial charge in [0.15, 0.2) is 0 Å². The van der Waals surface area contributed by atoms with Gasteiger partial charge in [-0.25, -0.2) is 0 Å². The number of hydrogen-bond donors (Lipinski definition) is 2. The van der Waals surface area contributed by atoms with Gasteiger partial charge in [0.25, 0.3) is 10.9 Å². The molecule has 0 aliphatic rings. The van der Waals surface area contributed by atoms with E-state index < -0.39 is 10.9 Å². The average Bonchev–Trinajstić information content (AvgIpc) is 2.21. The summed E-state index contributed by atoms with van der Waals surface area (Å²) in [6.45, 7) is 13.6. The van der Waals surface area contributed by atoms with Gasteiger partial charge in [-0.05, 0) is 20.8 Å². The van der Waals surface area contributed by atoms with Crippen molar-refractivity contribution in [2.75, 3.05) is 12.5 Å². The predicted octanol–water partition coefficient (Wildman–Crippen LogP) is 4.87. The van der Waals surface area contributed by atoms with Crippen LogP contribution in [-0.4, -0.2) is 35.8 Å². The molecule has 1 aromatic heterocycles. The van der Waals surface area contributed by atoms with Crippen molar-refractivity contribution >= 4 is 46.3 Å². The lowest BCUT2D eigenvalue weighted by molar-refractivity contribution is 0.449. The largest absolute Gasteiger partial charge is 0.259 e. The number of halogens is 1. The van der Waals surface area contributed by atoms with Crippen molar-refractivity contribution in [3.8, 4) is 0 Å². The Bertz CT molecular complexity index is 412. The fraction of sp³-hybridized carbons (Fsp3) is 0.833. The highest BCUT2D eigenvalue weighted by Crippen LogP contribution is 2.33. The van der Waals surface area contributed by atoms with E-state index in [4.69, 9.17) is 15.8 Å². The summed E-state index contributed by atoms with van der Waals surface area (Å²) in [4.78, 5) is 0. The highest BCUT2D eigenvalue weighted by Gasteiger charge is 2.20. The van der Waals surface area contributed by atoms with Crippen molar-refractivity contribution in [3.05, 3.63) is 5.38 Å². The lowest BCUT2D eigenvalue weighted by Gasteiger charge is -2.20. The van der Waals surface area contributed by atoms with Crippen molar-refractivity contribution in [1.82, 2.24) is 13.8 Å². The van der Waals surface area contributed by atoms with E-state index in [1.807, 2.05) is 4.20 Å². The van der Waals surface area contributed by atoms with Crippen LogP contribution < -0.4 is 4.18 Å². The van der Waals surface area contributed by atoms with Gasteiger partial charge >= 0.3 is 0 Å². The van der Waals surface area contributed by atoms with Gasteiger partial charge in [0.2, 0.25) is 5.38 Å². The van der Waals surface area contributed by atoms with E-state index in [1.165, 1.54) is 0 Å². The van der Waals surface area contributed by atoms with Crippen molar-refractivity contribution in [3.63, 3.8) is 0 Å². The van der Waals surface area contributed by atoms with Gasteiger partial charge in [0, 0.05) is 21.4 Å². The molecule has 0 amide bonds. The second kappa shape index (κ2) is 7.54. The fourth-order valence-electron chi connectivity index (χ4n) is 1.23. The summed E-state index contributed by atoms with van der Waals surface area (Å²) in [5, 5.41) is 6.56. The summed E-state index contributed by atoms with van der Waals surface area (Å²) in [6.07, 6.45) is 0. The summed E-state index contributed by atoms with van der Waals surface area (Å²) in [5.74, 6) is 0.501. The minimum absolute atomic E-state index is 0.108. The molecule has 0 saturated heterocycles. The third kappa shape index (κ3) is 7.93. The van der Waals surface area contributed by atoms with Gasteiger partial charge in [0.1, 0.15) is 11.6 Å². The zero-order chi connectivity index (χ0) is 15.4. The predicted molar refractivity (Wildman–Crippen MR) is 93.8 cm³/mol. The van der Waals surface area contributed by atoms with Gasteiger partial charge < -0.3 is 0 Å². The molecule has 0 saturated carbocycles. The smallest absolute Gasteiger partial charge is 0.253 e. The van der Waals surface area contributed by atoms with E-state index in [1.54, 1.807) is 23.7 Å². The van der Waals surface area contributed by atoms with Crippen molar-refractivity contribution < 1.29 is 4.18 Å². The first kappa shape index (κ1) is 18.4. The quantitative estimate of drug-likeness (QED) is 0.448. The first-order chi connectivity index (χ1) is 9.09. The monoisotopic (exact) mass is 358 g/mol. The number of nitrogens with one attached hydrogen (secondary N) is 2. The molecule has 1 heterocycles. The number of rotatable bonds is 5. The molecule has 118 valence electrons. The molecule has 0 aromatic carbocycles. The van der Waals surface area contributed by atoms with Gasteiger partial charge in [-0.1, -0.05) is 37.0 Å². The van der Waals surface area contributed by atoms with Crippen LogP contribution in [-0.2, 0) is 0 Å². The molecule has 0 spiro atoms. The number of H-pyrrole nitrogens is 2. The SMILES string of the molecule is CC(C)(C)Sc1c[s+](OCCCl)[nH]n(SC(C)(C)C)[nH]1. The summed E-state index contributed by atoms with van der Waals surface area (Å²) in [7, 11) is -0.449. The van der Waals surface area contributed by atoms with Crippen molar-refractivity contribution in [2.24, 2.45) is 0 Å². The minimum atomic E-state index is -0.449. The molecule has 1 unspecified atom stereocenters. The molecule has 8 heteroatoms. The Kier molecular flexibility index (Phi) is 6.92. The Morgan fingerprint density at radius 1 is 1.25 bits per heavy atom. The van der Waals surface area contributed by atoms with Crippen molar-refractivity contribution in [1.29, 1.82) is 0 Å². The van der Waals surface area contributed by atoms with Gasteiger partial charge in [-0.15, -0.1) is 20.0 Å². The minimum Gasteiger partial charge on any atom is -0.259 e. The van der Waals surface area contributed by atoms with E-state index in [-0.39, 0.29) is 9.49 Å². The lowest BCUT2D eigenvalue weighted by Crippen LogP contribution is -2.16. The molecule has 4 nitrogen and oxygen atoms in total. The van der Waals surface area contributed by atoms with Crippen LogP contribution >= 0.6 is 46.3 Å². The Hall–Kier alpha value is 0.310. The maximum atomic E-state index is 5.72. The highest BCUT2D eigenvalue weighted by molar-refractivity contribution is 8.00. The lowest BCUT2D eigenvalue weighted by atomic mass is 10.3. The van der Waals surface area contributed by atoms with Crippen LogP contribution in [0, 0.1) is 0 Å². The topological polar surface area (TPSA) is 45.7 Å². The first-order valence-corrected chi connectivity index (χ1v) is 9.78. The third-order valence-corrected chi connectivity index (χ3v) is 5.27. The van der Waals surface area contributed by atoms with E-state index in [2.05, 4.69) is 56.5 Å². The van der Waals surface area contributed by atoms with Gasteiger partial charge in [-0.3, -0.25) is 5.10 Å². The number of thioether (sulfide) groups is 1. The Balaban J connectivity index is 3.01. The number of nitrogens with zero attached hydrogens (tertiary/aromatic N) is 1. The average molecular weight is 359 g/mol. The van der Waals surface area contributed by atoms with Crippen molar-refractivity contribution in [2.45, 2.75) is 56.1 Å². The molecule has 20 heavy (non-hydrogen) atoms. The zero-order valence-electron chi connectivity index (χ0n) is 12.9. The van der Waals surface area contributed by atoms with Gasteiger partial charge in [-0.2, -0.15) is 0 Å². The Morgan fingerprint density at radius 2 is 1.90 bits per heavy atom. The van der Waals surface area contributed by atoms with E-state index in [9.17, 15) is 0 Å². The van der Waals surface area contributed by atoms with Crippen LogP contribution in [0.2, 0.25) is 0 Å². The van der Waals surface area contributed by atoms with E-state index in [0.717, 1.165) is 5.03 Å². The highest BCUT2D eigenvalue weighted by atomic mass is 35.5. The van der Waals surface area contributed by atoms with Crippen LogP contribution in [0.25, 0.3) is 0 Å². The molecule has 1 atom stereocenters. The number of hydrogen-bond acceptors (Lipinski definition) is 3. The fourth-order valence-corrected chi connectivity index (χ4v) is 4.66. The maximum absolute atomic E-state index is 5.72. The second-order valence-electron chi connectivity index (χ2n) is 6.21. The number of aromatic nitrogens is 3. The van der Waals surface area contributed by atoms with Crippen LogP contribution in [0.3, 0.4) is 0 Å². The number of aromatic amines is 2. The molecule has 1 rings (SSSR count). The molecular weight excluding hydrogens is 334 g/mol. The van der Waals surface area contributed by atoms with Gasteiger partial charge in [0.05, 0.1) is 5.88 Å². The summed E-state index contributed by atoms with van der Waals surface area (Å²) in [5.41, 5.74) is 0. The molecular formula is C12H25ClN3OS3+. The molecule has 0 fully saturated rings. The second-order valence-corrected chi connectivity index (χ2v) is 11.5. The summed E-state index contributed by atoms with van der Waals surface area (Å²) in [6, 6.07) is 0.